The number of ether oxygens (including phenoxy) is 1. The lowest BCUT2D eigenvalue weighted by Gasteiger charge is -2.27. The molecule has 2 heterocycles. The third-order valence-corrected chi connectivity index (χ3v) is 4.26. The highest BCUT2D eigenvalue weighted by atomic mass is 32.1. The predicted molar refractivity (Wildman–Crippen MR) is 76.2 cm³/mol. The fourth-order valence-corrected chi connectivity index (χ4v) is 3.22. The molecule has 1 aromatic heterocycles. The second kappa shape index (κ2) is 7.22. The summed E-state index contributed by atoms with van der Waals surface area (Å²) in [4.78, 5) is 4.56. The Morgan fingerprint density at radius 2 is 2.44 bits per heavy atom. The van der Waals surface area contributed by atoms with Gasteiger partial charge in [-0.05, 0) is 39.2 Å². The average Bonchev–Trinajstić information content (AvgIpc) is 2.76. The van der Waals surface area contributed by atoms with Crippen molar-refractivity contribution < 1.29 is 4.74 Å². The van der Waals surface area contributed by atoms with E-state index in [1.807, 2.05) is 0 Å². The highest BCUT2D eigenvalue weighted by molar-refractivity contribution is 7.09. The molecule has 0 aromatic carbocycles. The van der Waals surface area contributed by atoms with Crippen molar-refractivity contribution in [3.8, 4) is 0 Å². The Balaban J connectivity index is 1.86. The van der Waals surface area contributed by atoms with Crippen LogP contribution in [0.2, 0.25) is 0 Å². The van der Waals surface area contributed by atoms with E-state index >= 15 is 0 Å². The van der Waals surface area contributed by atoms with Crippen LogP contribution in [0.3, 0.4) is 0 Å². The Hall–Kier alpha value is -0.450. The Kier molecular flexibility index (Phi) is 5.60. The lowest BCUT2D eigenvalue weighted by Crippen LogP contribution is -2.36. The number of thiazole rings is 1. The molecule has 2 rings (SSSR count). The second-order valence-corrected chi connectivity index (χ2v) is 6.10. The summed E-state index contributed by atoms with van der Waals surface area (Å²) >= 11 is 1.74. The Morgan fingerprint density at radius 3 is 3.06 bits per heavy atom. The lowest BCUT2D eigenvalue weighted by molar-refractivity contribution is 0.00531. The summed E-state index contributed by atoms with van der Waals surface area (Å²) in [5.74, 6) is 0. The van der Waals surface area contributed by atoms with Gasteiger partial charge in [0.15, 0.2) is 0 Å². The van der Waals surface area contributed by atoms with E-state index in [9.17, 15) is 0 Å². The molecule has 0 amide bonds. The molecule has 1 aromatic rings. The van der Waals surface area contributed by atoms with Crippen LogP contribution in [0.25, 0.3) is 0 Å². The van der Waals surface area contributed by atoms with Gasteiger partial charge in [-0.2, -0.15) is 0 Å². The van der Waals surface area contributed by atoms with Gasteiger partial charge in [-0.25, -0.2) is 4.98 Å². The van der Waals surface area contributed by atoms with Crippen LogP contribution in [0.4, 0.5) is 0 Å². The summed E-state index contributed by atoms with van der Waals surface area (Å²) in [6.45, 7) is 6.20. The number of nitrogens with zero attached hydrogens (tertiary/aromatic N) is 1. The largest absolute Gasteiger partial charge is 0.378 e. The maximum atomic E-state index is 5.84. The van der Waals surface area contributed by atoms with Crippen molar-refractivity contribution in [3.05, 3.63) is 16.1 Å². The molecule has 102 valence electrons. The fourth-order valence-electron chi connectivity index (χ4n) is 2.59. The van der Waals surface area contributed by atoms with E-state index in [1.54, 1.807) is 11.3 Å². The molecule has 0 spiro atoms. The topological polar surface area (TPSA) is 34.2 Å². The third kappa shape index (κ3) is 4.34. The maximum Gasteiger partial charge on any atom is 0.0897 e. The monoisotopic (exact) mass is 268 g/mol. The van der Waals surface area contributed by atoms with Gasteiger partial charge < -0.3 is 10.1 Å². The molecular formula is C14H24N2OS. The number of hydrogen-bond donors (Lipinski definition) is 1. The minimum atomic E-state index is 0.447. The Morgan fingerprint density at radius 1 is 1.56 bits per heavy atom. The third-order valence-electron chi connectivity index (χ3n) is 3.44. The van der Waals surface area contributed by atoms with E-state index in [-0.39, 0.29) is 0 Å². The van der Waals surface area contributed by atoms with Gasteiger partial charge in [-0.1, -0.05) is 6.92 Å². The molecular weight excluding hydrogens is 244 g/mol. The SMILES string of the molecule is CCNC(Cc1csc(C)n1)CC1CCCCO1. The van der Waals surface area contributed by atoms with Crippen LogP contribution >= 0.6 is 11.3 Å². The van der Waals surface area contributed by atoms with Gasteiger partial charge in [-0.15, -0.1) is 11.3 Å². The van der Waals surface area contributed by atoms with Crippen molar-refractivity contribution in [2.24, 2.45) is 0 Å². The molecule has 0 aliphatic carbocycles. The predicted octanol–water partition coefficient (Wildman–Crippen LogP) is 2.93. The standard InChI is InChI=1S/C14H24N2OS/c1-3-15-12(8-13-10-18-11(2)16-13)9-14-6-4-5-7-17-14/h10,12,14-15H,3-9H2,1-2H3. The summed E-state index contributed by atoms with van der Waals surface area (Å²) in [5, 5.41) is 6.92. The number of nitrogens with one attached hydrogen (secondary N) is 1. The molecule has 4 heteroatoms. The van der Waals surface area contributed by atoms with Crippen LogP contribution < -0.4 is 5.32 Å². The van der Waals surface area contributed by atoms with Crippen molar-refractivity contribution in [2.75, 3.05) is 13.2 Å². The quantitative estimate of drug-likeness (QED) is 0.861. The van der Waals surface area contributed by atoms with Crippen LogP contribution in [0.1, 0.15) is 43.3 Å². The summed E-state index contributed by atoms with van der Waals surface area (Å²) < 4.78 is 5.84. The molecule has 18 heavy (non-hydrogen) atoms. The number of hydrogen-bond acceptors (Lipinski definition) is 4. The molecule has 0 saturated carbocycles. The van der Waals surface area contributed by atoms with Crippen molar-refractivity contribution >= 4 is 11.3 Å². The first kappa shape index (κ1) is 14.0. The zero-order valence-corrected chi connectivity index (χ0v) is 12.3. The van der Waals surface area contributed by atoms with Gasteiger partial charge in [0.2, 0.25) is 0 Å². The summed E-state index contributed by atoms with van der Waals surface area (Å²) in [6.07, 6.45) is 6.36. The molecule has 1 fully saturated rings. The van der Waals surface area contributed by atoms with Gasteiger partial charge in [0.1, 0.15) is 0 Å². The number of rotatable bonds is 6. The highest BCUT2D eigenvalue weighted by Crippen LogP contribution is 2.19. The molecule has 1 aliphatic heterocycles. The van der Waals surface area contributed by atoms with Crippen molar-refractivity contribution in [3.63, 3.8) is 0 Å². The van der Waals surface area contributed by atoms with Crippen LogP contribution in [-0.2, 0) is 11.2 Å². The van der Waals surface area contributed by atoms with E-state index < -0.39 is 0 Å². The summed E-state index contributed by atoms with van der Waals surface area (Å²) in [6, 6.07) is 0.500. The molecule has 3 nitrogen and oxygen atoms in total. The Labute approximate surface area is 114 Å². The second-order valence-electron chi connectivity index (χ2n) is 5.04. The maximum absolute atomic E-state index is 5.84. The summed E-state index contributed by atoms with van der Waals surface area (Å²) in [5.41, 5.74) is 1.22. The van der Waals surface area contributed by atoms with E-state index in [0.29, 0.717) is 12.1 Å². The number of likely N-dealkylation sites (N-methyl/N-ethyl adjacent to an activating group) is 1. The van der Waals surface area contributed by atoms with Crippen LogP contribution in [0, 0.1) is 6.92 Å². The van der Waals surface area contributed by atoms with Crippen LogP contribution in [0.5, 0.6) is 0 Å². The molecule has 0 radical (unpaired) electrons. The molecule has 2 unspecified atom stereocenters. The minimum Gasteiger partial charge on any atom is -0.378 e. The van der Waals surface area contributed by atoms with Gasteiger partial charge in [-0.3, -0.25) is 0 Å². The normalized spacial score (nSPS) is 22.0. The zero-order valence-electron chi connectivity index (χ0n) is 11.4. The van der Waals surface area contributed by atoms with Crippen molar-refractivity contribution in [2.45, 2.75) is 58.1 Å². The van der Waals surface area contributed by atoms with Crippen LogP contribution in [0.15, 0.2) is 5.38 Å². The van der Waals surface area contributed by atoms with Gasteiger partial charge in [0, 0.05) is 24.4 Å². The minimum absolute atomic E-state index is 0.447. The van der Waals surface area contributed by atoms with Gasteiger partial charge in [0.25, 0.3) is 0 Å². The molecule has 2 atom stereocenters. The van der Waals surface area contributed by atoms with Crippen molar-refractivity contribution in [1.82, 2.24) is 10.3 Å². The number of aryl methyl sites for hydroxylation is 1. The Bertz CT molecular complexity index is 347. The zero-order chi connectivity index (χ0) is 12.8. The van der Waals surface area contributed by atoms with E-state index in [4.69, 9.17) is 4.74 Å². The average molecular weight is 268 g/mol. The number of aromatic nitrogens is 1. The highest BCUT2D eigenvalue weighted by Gasteiger charge is 2.19. The van der Waals surface area contributed by atoms with E-state index in [2.05, 4.69) is 29.5 Å². The van der Waals surface area contributed by atoms with Crippen molar-refractivity contribution in [1.29, 1.82) is 0 Å². The molecule has 1 N–H and O–H groups in total. The molecule has 1 aliphatic rings. The smallest absolute Gasteiger partial charge is 0.0897 e. The van der Waals surface area contributed by atoms with Gasteiger partial charge in [0.05, 0.1) is 16.8 Å². The molecule has 1 saturated heterocycles. The first-order valence-electron chi connectivity index (χ1n) is 7.04. The lowest BCUT2D eigenvalue weighted by atomic mass is 9.99. The van der Waals surface area contributed by atoms with Crippen LogP contribution in [-0.4, -0.2) is 30.3 Å². The molecule has 0 bridgehead atoms. The first-order chi connectivity index (χ1) is 8.78. The van der Waals surface area contributed by atoms with E-state index in [1.165, 1.54) is 25.0 Å². The summed E-state index contributed by atoms with van der Waals surface area (Å²) in [7, 11) is 0. The first-order valence-corrected chi connectivity index (χ1v) is 7.92. The fraction of sp³-hybridized carbons (Fsp3) is 0.786. The van der Waals surface area contributed by atoms with Gasteiger partial charge >= 0.3 is 0 Å². The van der Waals surface area contributed by atoms with E-state index in [0.717, 1.165) is 31.0 Å².